The highest BCUT2D eigenvalue weighted by molar-refractivity contribution is 7.10. The normalized spacial score (nSPS) is 10.7. The number of ether oxygens (including phenoxy) is 1. The van der Waals surface area contributed by atoms with Crippen LogP contribution in [0.25, 0.3) is 6.08 Å². The number of carbonyl (C=O) groups excluding carboxylic acids is 1. The summed E-state index contributed by atoms with van der Waals surface area (Å²) in [5.74, 6) is 0.198. The van der Waals surface area contributed by atoms with Crippen LogP contribution in [-0.4, -0.2) is 18.0 Å². The maximum absolute atomic E-state index is 11.9. The van der Waals surface area contributed by atoms with Crippen LogP contribution < -0.4 is 4.74 Å². The average molecular weight is 260 g/mol. The molecule has 0 radical (unpaired) electrons. The first kappa shape index (κ1) is 12.4. The maximum Gasteiger partial charge on any atom is 0.186 e. The molecule has 1 heterocycles. The molecule has 0 bridgehead atoms. The summed E-state index contributed by atoms with van der Waals surface area (Å²) in [6.45, 7) is 0. The second-order valence-corrected chi connectivity index (χ2v) is 4.58. The monoisotopic (exact) mass is 260 g/mol. The molecule has 0 amide bonds. The highest BCUT2D eigenvalue weighted by atomic mass is 32.1. The van der Waals surface area contributed by atoms with Gasteiger partial charge in [-0.1, -0.05) is 6.07 Å². The molecule has 0 aliphatic rings. The average Bonchev–Trinajstić information content (AvgIpc) is 2.89. The zero-order valence-corrected chi connectivity index (χ0v) is 10.6. The molecule has 2 rings (SSSR count). The second-order valence-electron chi connectivity index (χ2n) is 3.60. The molecule has 0 unspecified atom stereocenters. The van der Waals surface area contributed by atoms with Crippen LogP contribution in [0.15, 0.2) is 41.8 Å². The Labute approximate surface area is 109 Å². The van der Waals surface area contributed by atoms with Gasteiger partial charge in [-0.3, -0.25) is 4.79 Å². The number of phenols is 1. The van der Waals surface area contributed by atoms with Crippen LogP contribution in [0.5, 0.6) is 11.5 Å². The van der Waals surface area contributed by atoms with Crippen molar-refractivity contribution in [3.63, 3.8) is 0 Å². The number of phenolic OH excluding ortho intramolecular Hbond substituents is 1. The van der Waals surface area contributed by atoms with Gasteiger partial charge in [0.2, 0.25) is 0 Å². The largest absolute Gasteiger partial charge is 0.504 e. The van der Waals surface area contributed by atoms with Gasteiger partial charge < -0.3 is 9.84 Å². The number of allylic oxidation sites excluding steroid dienone is 1. The number of rotatable bonds is 4. The summed E-state index contributed by atoms with van der Waals surface area (Å²) in [5.41, 5.74) is 0.484. The fourth-order valence-electron chi connectivity index (χ4n) is 1.47. The topological polar surface area (TPSA) is 46.5 Å². The molecule has 0 atom stereocenters. The summed E-state index contributed by atoms with van der Waals surface area (Å²) in [5, 5.41) is 11.4. The Morgan fingerprint density at radius 1 is 1.39 bits per heavy atom. The van der Waals surface area contributed by atoms with Crippen molar-refractivity contribution in [2.75, 3.05) is 7.11 Å². The fourth-order valence-corrected chi connectivity index (χ4v) is 2.09. The number of methoxy groups -OCH3 is 1. The van der Waals surface area contributed by atoms with Crippen molar-refractivity contribution in [2.45, 2.75) is 0 Å². The third-order valence-corrected chi connectivity index (χ3v) is 3.24. The van der Waals surface area contributed by atoms with E-state index in [1.54, 1.807) is 23.5 Å². The van der Waals surface area contributed by atoms with Crippen molar-refractivity contribution >= 4 is 23.2 Å². The summed E-state index contributed by atoms with van der Waals surface area (Å²) < 4.78 is 4.96. The summed E-state index contributed by atoms with van der Waals surface area (Å²) >= 11 is 1.57. The molecule has 18 heavy (non-hydrogen) atoms. The Balaban J connectivity index is 2.19. The number of benzene rings is 1. The van der Waals surface area contributed by atoms with Crippen LogP contribution in [0.2, 0.25) is 0 Å². The van der Waals surface area contributed by atoms with E-state index in [-0.39, 0.29) is 11.5 Å². The van der Waals surface area contributed by atoms with Crippen molar-refractivity contribution in [3.05, 3.63) is 52.2 Å². The van der Waals surface area contributed by atoms with Gasteiger partial charge in [-0.15, -0.1) is 11.3 Å². The first-order chi connectivity index (χ1) is 8.70. The van der Waals surface area contributed by atoms with Crippen LogP contribution in [-0.2, 0) is 0 Å². The predicted octanol–water partition coefficient (Wildman–Crippen LogP) is 3.36. The number of hydrogen-bond donors (Lipinski definition) is 1. The molecule has 2 aromatic rings. The first-order valence-electron chi connectivity index (χ1n) is 5.33. The number of ketones is 1. The van der Waals surface area contributed by atoms with E-state index in [0.29, 0.717) is 11.3 Å². The van der Waals surface area contributed by atoms with Gasteiger partial charge in [-0.25, -0.2) is 0 Å². The zero-order valence-electron chi connectivity index (χ0n) is 9.79. The first-order valence-corrected chi connectivity index (χ1v) is 6.21. The molecule has 0 aliphatic heterocycles. The molecule has 0 saturated carbocycles. The van der Waals surface area contributed by atoms with Crippen molar-refractivity contribution < 1.29 is 14.6 Å². The molecule has 1 aromatic heterocycles. The van der Waals surface area contributed by atoms with Gasteiger partial charge >= 0.3 is 0 Å². The number of carbonyl (C=O) groups is 1. The lowest BCUT2D eigenvalue weighted by molar-refractivity contribution is 0.104. The minimum Gasteiger partial charge on any atom is -0.504 e. The van der Waals surface area contributed by atoms with Gasteiger partial charge in [0.05, 0.1) is 7.11 Å². The van der Waals surface area contributed by atoms with E-state index in [2.05, 4.69) is 0 Å². The lowest BCUT2D eigenvalue weighted by Gasteiger charge is -2.04. The Kier molecular flexibility index (Phi) is 3.79. The van der Waals surface area contributed by atoms with Crippen LogP contribution in [0.4, 0.5) is 0 Å². The molecule has 1 aromatic carbocycles. The van der Waals surface area contributed by atoms with E-state index in [1.807, 2.05) is 17.5 Å². The number of thiophene rings is 1. The van der Waals surface area contributed by atoms with Gasteiger partial charge in [0, 0.05) is 10.4 Å². The molecular formula is C14H12O3S. The van der Waals surface area contributed by atoms with Crippen LogP contribution in [0.1, 0.15) is 15.2 Å². The van der Waals surface area contributed by atoms with E-state index in [1.165, 1.54) is 25.3 Å². The van der Waals surface area contributed by atoms with Crippen molar-refractivity contribution in [2.24, 2.45) is 0 Å². The second kappa shape index (κ2) is 5.51. The lowest BCUT2D eigenvalue weighted by Crippen LogP contribution is -1.95. The molecule has 4 heteroatoms. The van der Waals surface area contributed by atoms with Gasteiger partial charge in [0.15, 0.2) is 17.3 Å². The van der Waals surface area contributed by atoms with Crippen LogP contribution in [0.3, 0.4) is 0 Å². The van der Waals surface area contributed by atoms with Crippen molar-refractivity contribution in [1.82, 2.24) is 0 Å². The van der Waals surface area contributed by atoms with E-state index >= 15 is 0 Å². The van der Waals surface area contributed by atoms with E-state index in [9.17, 15) is 9.90 Å². The lowest BCUT2D eigenvalue weighted by atomic mass is 10.1. The van der Waals surface area contributed by atoms with Gasteiger partial charge in [-0.05, 0) is 41.8 Å². The van der Waals surface area contributed by atoms with E-state index in [4.69, 9.17) is 4.74 Å². The smallest absolute Gasteiger partial charge is 0.186 e. The minimum absolute atomic E-state index is 0.0243. The molecule has 0 spiro atoms. The van der Waals surface area contributed by atoms with E-state index in [0.717, 1.165) is 4.88 Å². The van der Waals surface area contributed by atoms with Gasteiger partial charge in [0.25, 0.3) is 0 Å². The highest BCUT2D eigenvalue weighted by Crippen LogP contribution is 2.26. The summed E-state index contributed by atoms with van der Waals surface area (Å²) in [6, 6.07) is 8.41. The van der Waals surface area contributed by atoms with Gasteiger partial charge in [-0.2, -0.15) is 0 Å². The van der Waals surface area contributed by atoms with Crippen LogP contribution in [0, 0.1) is 0 Å². The summed E-state index contributed by atoms with van der Waals surface area (Å²) in [7, 11) is 1.45. The fraction of sp³-hybridized carbons (Fsp3) is 0.0714. The van der Waals surface area contributed by atoms with Gasteiger partial charge in [0.1, 0.15) is 0 Å². The minimum atomic E-state index is -0.123. The zero-order chi connectivity index (χ0) is 13.0. The third kappa shape index (κ3) is 2.78. The molecule has 1 N–H and O–H groups in total. The molecule has 0 aliphatic carbocycles. The maximum atomic E-state index is 11.9. The number of hydrogen-bond acceptors (Lipinski definition) is 4. The van der Waals surface area contributed by atoms with Crippen LogP contribution >= 0.6 is 11.3 Å². The number of aromatic hydroxyl groups is 1. The Morgan fingerprint density at radius 2 is 2.22 bits per heavy atom. The molecule has 0 saturated heterocycles. The summed E-state index contributed by atoms with van der Waals surface area (Å²) in [6.07, 6.45) is 3.28. The predicted molar refractivity (Wildman–Crippen MR) is 72.3 cm³/mol. The highest BCUT2D eigenvalue weighted by Gasteiger charge is 2.07. The Morgan fingerprint density at radius 3 is 2.89 bits per heavy atom. The SMILES string of the molecule is COc1cc(C(=O)/C=C/c2cccs2)ccc1O. The standard InChI is InChI=1S/C14H12O3S/c1-17-14-9-10(4-6-13(14)16)12(15)7-5-11-3-2-8-18-11/h2-9,16H,1H3/b7-5+. The van der Waals surface area contributed by atoms with Crippen molar-refractivity contribution in [1.29, 1.82) is 0 Å². The molecule has 92 valence electrons. The quantitative estimate of drug-likeness (QED) is 0.677. The van der Waals surface area contributed by atoms with Crippen molar-refractivity contribution in [3.8, 4) is 11.5 Å². The Hall–Kier alpha value is -2.07. The van der Waals surface area contributed by atoms with E-state index < -0.39 is 0 Å². The Bertz CT molecular complexity index is 571. The molecule has 0 fully saturated rings. The third-order valence-electron chi connectivity index (χ3n) is 2.41. The summed E-state index contributed by atoms with van der Waals surface area (Å²) in [4.78, 5) is 12.9. The molecule has 3 nitrogen and oxygen atoms in total. The molecular weight excluding hydrogens is 248 g/mol.